The predicted molar refractivity (Wildman–Crippen MR) is 100 cm³/mol. The Labute approximate surface area is 141 Å². The summed E-state index contributed by atoms with van der Waals surface area (Å²) in [4.78, 5) is 11.2. The van der Waals surface area contributed by atoms with E-state index in [4.69, 9.17) is 0 Å². The zero-order chi connectivity index (χ0) is 16.2. The van der Waals surface area contributed by atoms with Crippen LogP contribution in [0, 0.1) is 5.92 Å². The Balaban J connectivity index is 1.85. The highest BCUT2D eigenvalue weighted by molar-refractivity contribution is 7.21. The van der Waals surface area contributed by atoms with Crippen LogP contribution in [0.15, 0.2) is 42.7 Å². The number of aromatic nitrogens is 2. The third-order valence-electron chi connectivity index (χ3n) is 3.95. The van der Waals surface area contributed by atoms with Crippen molar-refractivity contribution in [2.45, 2.75) is 39.7 Å². The molecule has 2 heterocycles. The average Bonchev–Trinajstić information content (AvgIpc) is 2.99. The van der Waals surface area contributed by atoms with Crippen LogP contribution in [-0.4, -0.2) is 16.0 Å². The molecule has 0 spiro atoms. The lowest BCUT2D eigenvalue weighted by atomic mass is 10.0. The maximum Gasteiger partial charge on any atom is 0.138 e. The van der Waals surface area contributed by atoms with Crippen molar-refractivity contribution in [3.63, 3.8) is 0 Å². The molecule has 0 amide bonds. The zero-order valence-electron chi connectivity index (χ0n) is 13.9. The number of thiophene rings is 1. The molecule has 0 bridgehead atoms. The molecular weight excluding hydrogens is 302 g/mol. The van der Waals surface area contributed by atoms with Crippen molar-refractivity contribution in [3.8, 4) is 10.4 Å². The number of rotatable bonds is 6. The Hall–Kier alpha value is -1.94. The van der Waals surface area contributed by atoms with E-state index in [2.05, 4.69) is 66.4 Å². The third-order valence-corrected chi connectivity index (χ3v) is 5.04. The fourth-order valence-electron chi connectivity index (χ4n) is 2.60. The molecule has 23 heavy (non-hydrogen) atoms. The summed E-state index contributed by atoms with van der Waals surface area (Å²) in [5.41, 5.74) is 1.23. The molecule has 0 unspecified atom stereocenters. The van der Waals surface area contributed by atoms with Crippen molar-refractivity contribution in [2.75, 3.05) is 5.32 Å². The highest BCUT2D eigenvalue weighted by Gasteiger charge is 2.12. The van der Waals surface area contributed by atoms with Crippen LogP contribution < -0.4 is 5.32 Å². The topological polar surface area (TPSA) is 37.8 Å². The van der Waals surface area contributed by atoms with Crippen LogP contribution in [-0.2, 0) is 0 Å². The van der Waals surface area contributed by atoms with Crippen LogP contribution in [0.25, 0.3) is 20.7 Å². The minimum atomic E-state index is 0.413. The van der Waals surface area contributed by atoms with Crippen molar-refractivity contribution in [3.05, 3.63) is 42.7 Å². The molecule has 0 saturated heterocycles. The Morgan fingerprint density at radius 3 is 2.57 bits per heavy atom. The maximum atomic E-state index is 4.47. The van der Waals surface area contributed by atoms with Gasteiger partial charge in [0, 0.05) is 10.9 Å². The fourth-order valence-corrected chi connectivity index (χ4v) is 3.61. The summed E-state index contributed by atoms with van der Waals surface area (Å²) in [5.74, 6) is 1.68. The van der Waals surface area contributed by atoms with Crippen LogP contribution in [0.2, 0.25) is 0 Å². The van der Waals surface area contributed by atoms with E-state index in [0.29, 0.717) is 6.04 Å². The second-order valence-electron chi connectivity index (χ2n) is 6.43. The third kappa shape index (κ3) is 3.88. The highest BCUT2D eigenvalue weighted by atomic mass is 32.1. The van der Waals surface area contributed by atoms with Gasteiger partial charge in [-0.2, -0.15) is 0 Å². The quantitative estimate of drug-likeness (QED) is 0.641. The Bertz CT molecular complexity index is 765. The van der Waals surface area contributed by atoms with Crippen molar-refractivity contribution < 1.29 is 0 Å². The molecule has 1 N–H and O–H groups in total. The lowest BCUT2D eigenvalue weighted by Gasteiger charge is -2.15. The number of benzene rings is 1. The standard InChI is InChI=1S/C19H23N3S/c1-13(2)9-10-14(3)22-18-16-11-17(15-7-5-4-6-8-15)23-19(16)21-12-20-18/h4-8,11-14H,9-10H2,1-3H3,(H,20,21,22)/t14-/m0/s1. The molecule has 0 aliphatic carbocycles. The van der Waals surface area contributed by atoms with Gasteiger partial charge in [0.15, 0.2) is 0 Å². The van der Waals surface area contributed by atoms with Crippen molar-refractivity contribution in [2.24, 2.45) is 5.92 Å². The van der Waals surface area contributed by atoms with Crippen LogP contribution in [0.1, 0.15) is 33.6 Å². The maximum absolute atomic E-state index is 4.47. The van der Waals surface area contributed by atoms with Crippen molar-refractivity contribution >= 4 is 27.4 Å². The normalized spacial score (nSPS) is 12.7. The van der Waals surface area contributed by atoms with E-state index in [0.717, 1.165) is 28.4 Å². The molecule has 2 aromatic heterocycles. The number of fused-ring (bicyclic) bond motifs is 1. The van der Waals surface area contributed by atoms with Gasteiger partial charge in [0.25, 0.3) is 0 Å². The molecule has 1 atom stereocenters. The lowest BCUT2D eigenvalue weighted by Crippen LogP contribution is -2.16. The Morgan fingerprint density at radius 2 is 1.83 bits per heavy atom. The smallest absolute Gasteiger partial charge is 0.138 e. The number of hydrogen-bond donors (Lipinski definition) is 1. The first-order chi connectivity index (χ1) is 11.1. The van der Waals surface area contributed by atoms with E-state index < -0.39 is 0 Å². The second-order valence-corrected chi connectivity index (χ2v) is 7.47. The van der Waals surface area contributed by atoms with Crippen molar-refractivity contribution in [1.29, 1.82) is 0 Å². The molecule has 3 nitrogen and oxygen atoms in total. The largest absolute Gasteiger partial charge is 0.367 e. The Kier molecular flexibility index (Phi) is 4.91. The summed E-state index contributed by atoms with van der Waals surface area (Å²) in [5, 5.41) is 4.68. The first-order valence-corrected chi connectivity index (χ1v) is 9.01. The summed E-state index contributed by atoms with van der Waals surface area (Å²) < 4.78 is 0. The van der Waals surface area contributed by atoms with E-state index in [-0.39, 0.29) is 0 Å². The van der Waals surface area contributed by atoms with E-state index in [1.165, 1.54) is 16.9 Å². The van der Waals surface area contributed by atoms with E-state index >= 15 is 0 Å². The van der Waals surface area contributed by atoms with E-state index in [9.17, 15) is 0 Å². The zero-order valence-corrected chi connectivity index (χ0v) is 14.7. The van der Waals surface area contributed by atoms with Gasteiger partial charge in [-0.25, -0.2) is 9.97 Å². The Morgan fingerprint density at radius 1 is 1.04 bits per heavy atom. The molecule has 0 aliphatic heterocycles. The number of nitrogens with one attached hydrogen (secondary N) is 1. The van der Waals surface area contributed by atoms with Crippen molar-refractivity contribution in [1.82, 2.24) is 9.97 Å². The summed E-state index contributed by atoms with van der Waals surface area (Å²) in [7, 11) is 0. The molecule has 3 aromatic rings. The number of nitrogens with zero attached hydrogens (tertiary/aromatic N) is 2. The van der Waals surface area contributed by atoms with Gasteiger partial charge >= 0.3 is 0 Å². The van der Waals surface area contributed by atoms with Gasteiger partial charge in [0.2, 0.25) is 0 Å². The SMILES string of the molecule is CC(C)CC[C@H](C)Nc1ncnc2sc(-c3ccccc3)cc12. The molecule has 1 aromatic carbocycles. The lowest BCUT2D eigenvalue weighted by molar-refractivity contribution is 0.527. The molecule has 0 radical (unpaired) electrons. The summed E-state index contributed by atoms with van der Waals surface area (Å²) in [6.07, 6.45) is 4.03. The molecule has 0 fully saturated rings. The monoisotopic (exact) mass is 325 g/mol. The first-order valence-electron chi connectivity index (χ1n) is 8.20. The van der Waals surface area contributed by atoms with Crippen LogP contribution in [0.4, 0.5) is 5.82 Å². The molecule has 0 aliphatic rings. The second kappa shape index (κ2) is 7.09. The van der Waals surface area contributed by atoms with Gasteiger partial charge in [-0.05, 0) is 37.3 Å². The summed E-state index contributed by atoms with van der Waals surface area (Å²) in [6.45, 7) is 6.75. The van der Waals surface area contributed by atoms with Crippen LogP contribution in [0.3, 0.4) is 0 Å². The molecule has 4 heteroatoms. The van der Waals surface area contributed by atoms with Gasteiger partial charge in [0.05, 0.1) is 5.39 Å². The van der Waals surface area contributed by atoms with Crippen LogP contribution >= 0.6 is 11.3 Å². The minimum Gasteiger partial charge on any atom is -0.367 e. The summed E-state index contributed by atoms with van der Waals surface area (Å²) >= 11 is 1.72. The van der Waals surface area contributed by atoms with Gasteiger partial charge < -0.3 is 5.32 Å². The van der Waals surface area contributed by atoms with E-state index in [1.807, 2.05) is 6.07 Å². The molecule has 0 saturated carbocycles. The number of hydrogen-bond acceptors (Lipinski definition) is 4. The fraction of sp³-hybridized carbons (Fsp3) is 0.368. The highest BCUT2D eigenvalue weighted by Crippen LogP contribution is 2.35. The summed E-state index contributed by atoms with van der Waals surface area (Å²) in [6, 6.07) is 13.1. The number of anilines is 1. The van der Waals surface area contributed by atoms with Gasteiger partial charge in [-0.15, -0.1) is 11.3 Å². The molecule has 3 rings (SSSR count). The predicted octanol–water partition coefficient (Wildman–Crippen LogP) is 5.59. The average molecular weight is 325 g/mol. The van der Waals surface area contributed by atoms with Gasteiger partial charge in [-0.1, -0.05) is 44.2 Å². The molecular formula is C19H23N3S. The minimum absolute atomic E-state index is 0.413. The first kappa shape index (κ1) is 15.9. The van der Waals surface area contributed by atoms with Gasteiger partial charge in [0.1, 0.15) is 17.0 Å². The van der Waals surface area contributed by atoms with Gasteiger partial charge in [-0.3, -0.25) is 0 Å². The molecule has 120 valence electrons. The van der Waals surface area contributed by atoms with E-state index in [1.54, 1.807) is 17.7 Å². The van der Waals surface area contributed by atoms with Crippen LogP contribution in [0.5, 0.6) is 0 Å².